The molecule has 0 saturated heterocycles. The van der Waals surface area contributed by atoms with E-state index in [1.165, 1.54) is 11.8 Å². The summed E-state index contributed by atoms with van der Waals surface area (Å²) >= 11 is 7.32. The summed E-state index contributed by atoms with van der Waals surface area (Å²) in [7, 11) is 0. The molecule has 1 aromatic carbocycles. The lowest BCUT2D eigenvalue weighted by Gasteiger charge is -2.10. The van der Waals surface area contributed by atoms with Crippen LogP contribution in [0, 0.1) is 18.3 Å². The van der Waals surface area contributed by atoms with E-state index in [1.807, 2.05) is 41.8 Å². The van der Waals surface area contributed by atoms with Gasteiger partial charge in [0.25, 0.3) is 0 Å². The lowest BCUT2D eigenvalue weighted by Crippen LogP contribution is -2.04. The molecular formula is C20H14ClN5OS. The van der Waals surface area contributed by atoms with Crippen LogP contribution in [0.15, 0.2) is 69.4 Å². The summed E-state index contributed by atoms with van der Waals surface area (Å²) in [6.07, 6.45) is 1.64. The van der Waals surface area contributed by atoms with Gasteiger partial charge in [0.2, 0.25) is 0 Å². The van der Waals surface area contributed by atoms with Crippen molar-refractivity contribution in [1.82, 2.24) is 19.7 Å². The number of hydrogen-bond acceptors (Lipinski definition) is 6. The third-order valence-corrected chi connectivity index (χ3v) is 5.35. The van der Waals surface area contributed by atoms with E-state index in [4.69, 9.17) is 21.3 Å². The molecule has 0 saturated carbocycles. The highest BCUT2D eigenvalue weighted by atomic mass is 35.5. The van der Waals surface area contributed by atoms with Crippen molar-refractivity contribution in [1.29, 1.82) is 5.26 Å². The molecule has 3 heterocycles. The Bertz CT molecular complexity index is 1160. The molecule has 0 bridgehead atoms. The van der Waals surface area contributed by atoms with Gasteiger partial charge in [-0.1, -0.05) is 41.9 Å². The van der Waals surface area contributed by atoms with E-state index in [-0.39, 0.29) is 5.69 Å². The van der Waals surface area contributed by atoms with E-state index in [9.17, 15) is 0 Å². The lowest BCUT2D eigenvalue weighted by atomic mass is 10.2. The maximum absolute atomic E-state index is 9.17. The molecule has 4 aromatic rings. The molecule has 6 nitrogen and oxygen atoms in total. The zero-order valence-electron chi connectivity index (χ0n) is 14.8. The van der Waals surface area contributed by atoms with Crippen molar-refractivity contribution in [2.24, 2.45) is 0 Å². The van der Waals surface area contributed by atoms with Crippen LogP contribution in [-0.4, -0.2) is 19.7 Å². The fourth-order valence-electron chi connectivity index (χ4n) is 2.74. The average molecular weight is 408 g/mol. The van der Waals surface area contributed by atoms with Crippen LogP contribution in [0.2, 0.25) is 5.02 Å². The highest BCUT2D eigenvalue weighted by Crippen LogP contribution is 2.31. The van der Waals surface area contributed by atoms with Gasteiger partial charge in [0.05, 0.1) is 23.4 Å². The monoisotopic (exact) mass is 407 g/mol. The molecule has 0 aliphatic carbocycles. The highest BCUT2D eigenvalue weighted by Gasteiger charge is 2.19. The molecule has 0 spiro atoms. The van der Waals surface area contributed by atoms with Gasteiger partial charge >= 0.3 is 0 Å². The molecule has 8 heteroatoms. The molecule has 4 rings (SSSR count). The number of benzene rings is 1. The zero-order valence-corrected chi connectivity index (χ0v) is 16.4. The molecule has 3 aromatic heterocycles. The summed E-state index contributed by atoms with van der Waals surface area (Å²) < 4.78 is 7.46. The van der Waals surface area contributed by atoms with Crippen LogP contribution in [-0.2, 0) is 6.54 Å². The zero-order chi connectivity index (χ0) is 19.5. The first-order valence-electron chi connectivity index (χ1n) is 8.42. The molecule has 0 N–H and O–H groups in total. The summed E-state index contributed by atoms with van der Waals surface area (Å²) in [5.74, 6) is 1.49. The Hall–Kier alpha value is -3.08. The summed E-state index contributed by atoms with van der Waals surface area (Å²) in [6, 6.07) is 17.4. The minimum Gasteiger partial charge on any atom is -0.469 e. The summed E-state index contributed by atoms with van der Waals surface area (Å²) in [5.41, 5.74) is 2.19. The Morgan fingerprint density at radius 2 is 1.96 bits per heavy atom. The van der Waals surface area contributed by atoms with E-state index in [0.29, 0.717) is 27.6 Å². The van der Waals surface area contributed by atoms with Crippen molar-refractivity contribution >= 4 is 23.4 Å². The van der Waals surface area contributed by atoms with Gasteiger partial charge in [-0.2, -0.15) is 5.26 Å². The number of hydrogen-bond donors (Lipinski definition) is 0. The SMILES string of the molecule is Cc1occc1-c1nnc(Sc2ccc(Cl)c(C#N)n2)n1Cc1ccccc1. The van der Waals surface area contributed by atoms with E-state index < -0.39 is 0 Å². The fraction of sp³-hybridized carbons (Fsp3) is 0.100. The standard InChI is InChI=1S/C20H14ClN5OS/c1-13-15(9-10-27-13)19-24-25-20(26(19)12-14-5-3-2-4-6-14)28-18-8-7-16(21)17(11-22)23-18/h2-10H,12H2,1H3. The van der Waals surface area contributed by atoms with Gasteiger partial charge in [-0.05, 0) is 42.4 Å². The molecule has 0 aliphatic heterocycles. The van der Waals surface area contributed by atoms with Crippen molar-refractivity contribution < 1.29 is 4.42 Å². The normalized spacial score (nSPS) is 10.8. The van der Waals surface area contributed by atoms with Gasteiger partial charge < -0.3 is 4.42 Å². The van der Waals surface area contributed by atoms with Gasteiger partial charge in [0.15, 0.2) is 16.7 Å². The minimum absolute atomic E-state index is 0.187. The number of nitriles is 1. The molecule has 0 aliphatic rings. The third kappa shape index (κ3) is 3.65. The first kappa shape index (κ1) is 18.3. The Labute approximate surface area is 170 Å². The molecule has 0 radical (unpaired) electrons. The third-order valence-electron chi connectivity index (χ3n) is 4.12. The maximum atomic E-state index is 9.17. The van der Waals surface area contributed by atoms with E-state index in [2.05, 4.69) is 27.3 Å². The van der Waals surface area contributed by atoms with Crippen molar-refractivity contribution in [3.8, 4) is 17.5 Å². The molecule has 0 atom stereocenters. The Balaban J connectivity index is 1.76. The van der Waals surface area contributed by atoms with Gasteiger partial charge in [-0.15, -0.1) is 10.2 Å². The predicted molar refractivity (Wildman–Crippen MR) is 106 cm³/mol. The second-order valence-electron chi connectivity index (χ2n) is 5.96. The molecule has 28 heavy (non-hydrogen) atoms. The first-order valence-corrected chi connectivity index (χ1v) is 9.61. The van der Waals surface area contributed by atoms with Crippen molar-refractivity contribution in [2.75, 3.05) is 0 Å². The Kier molecular flexibility index (Phi) is 5.15. The molecule has 138 valence electrons. The second-order valence-corrected chi connectivity index (χ2v) is 7.36. The van der Waals surface area contributed by atoms with E-state index in [1.54, 1.807) is 18.4 Å². The number of aryl methyl sites for hydroxylation is 1. The van der Waals surface area contributed by atoms with E-state index in [0.717, 1.165) is 16.9 Å². The van der Waals surface area contributed by atoms with Crippen LogP contribution in [0.3, 0.4) is 0 Å². The number of aromatic nitrogens is 4. The van der Waals surface area contributed by atoms with Crippen LogP contribution < -0.4 is 0 Å². The molecular weight excluding hydrogens is 394 g/mol. The molecule has 0 unspecified atom stereocenters. The van der Waals surface area contributed by atoms with Gasteiger partial charge in [-0.3, -0.25) is 4.57 Å². The summed E-state index contributed by atoms with van der Waals surface area (Å²) in [6.45, 7) is 2.48. The quantitative estimate of drug-likeness (QED) is 0.464. The predicted octanol–water partition coefficient (Wildman–Crippen LogP) is 4.97. The molecule has 0 fully saturated rings. The Morgan fingerprint density at radius 3 is 2.68 bits per heavy atom. The topological polar surface area (TPSA) is 80.5 Å². The van der Waals surface area contributed by atoms with Crippen LogP contribution in [0.1, 0.15) is 17.0 Å². The average Bonchev–Trinajstić information content (AvgIpc) is 3.30. The van der Waals surface area contributed by atoms with Crippen molar-refractivity contribution in [3.63, 3.8) is 0 Å². The van der Waals surface area contributed by atoms with Crippen molar-refractivity contribution in [3.05, 3.63) is 76.8 Å². The van der Waals surface area contributed by atoms with Gasteiger partial charge in [0.1, 0.15) is 16.9 Å². The van der Waals surface area contributed by atoms with E-state index >= 15 is 0 Å². The number of halogens is 1. The van der Waals surface area contributed by atoms with Crippen LogP contribution in [0.25, 0.3) is 11.4 Å². The summed E-state index contributed by atoms with van der Waals surface area (Å²) in [4.78, 5) is 4.29. The lowest BCUT2D eigenvalue weighted by molar-refractivity contribution is 0.534. The Morgan fingerprint density at radius 1 is 1.14 bits per heavy atom. The van der Waals surface area contributed by atoms with Crippen LogP contribution in [0.5, 0.6) is 0 Å². The van der Waals surface area contributed by atoms with Crippen LogP contribution >= 0.6 is 23.4 Å². The van der Waals surface area contributed by atoms with Crippen molar-refractivity contribution in [2.45, 2.75) is 23.7 Å². The maximum Gasteiger partial charge on any atom is 0.198 e. The number of nitrogens with zero attached hydrogens (tertiary/aromatic N) is 5. The number of pyridine rings is 1. The smallest absolute Gasteiger partial charge is 0.198 e. The second kappa shape index (κ2) is 7.89. The van der Waals surface area contributed by atoms with Crippen LogP contribution in [0.4, 0.5) is 0 Å². The number of furan rings is 1. The van der Waals surface area contributed by atoms with Gasteiger partial charge in [-0.25, -0.2) is 4.98 Å². The first-order chi connectivity index (χ1) is 13.7. The number of rotatable bonds is 5. The van der Waals surface area contributed by atoms with Gasteiger partial charge in [0, 0.05) is 0 Å². The molecule has 0 amide bonds. The largest absolute Gasteiger partial charge is 0.469 e. The minimum atomic E-state index is 0.187. The highest BCUT2D eigenvalue weighted by molar-refractivity contribution is 7.99. The fourth-order valence-corrected chi connectivity index (χ4v) is 3.69. The summed E-state index contributed by atoms with van der Waals surface area (Å²) in [5, 5.41) is 19.5.